The van der Waals surface area contributed by atoms with Crippen LogP contribution in [-0.4, -0.2) is 20.4 Å². The molecule has 0 fully saturated rings. The van der Waals surface area contributed by atoms with Crippen LogP contribution in [0.5, 0.6) is 0 Å². The van der Waals surface area contributed by atoms with Crippen LogP contribution in [0.25, 0.3) is 0 Å². The van der Waals surface area contributed by atoms with Gasteiger partial charge in [0.2, 0.25) is 0 Å². The molecule has 1 unspecified atom stereocenters. The van der Waals surface area contributed by atoms with Crippen LogP contribution < -0.4 is 4.90 Å². The van der Waals surface area contributed by atoms with Crippen molar-refractivity contribution in [2.75, 3.05) is 4.90 Å². The summed E-state index contributed by atoms with van der Waals surface area (Å²) in [5.41, 5.74) is 2.91. The zero-order chi connectivity index (χ0) is 16.5. The molecule has 1 atom stereocenters. The van der Waals surface area contributed by atoms with E-state index in [0.29, 0.717) is 0 Å². The molecule has 0 radical (unpaired) electrons. The Balaban J connectivity index is 1.76. The molecule has 3 heterocycles. The van der Waals surface area contributed by atoms with Crippen LogP contribution in [0.4, 0.5) is 10.8 Å². The van der Waals surface area contributed by atoms with Crippen molar-refractivity contribution in [2.45, 2.75) is 32.2 Å². The largest absolute Gasteiger partial charge is 0.322 e. The van der Waals surface area contributed by atoms with Crippen molar-refractivity contribution in [2.24, 2.45) is 0 Å². The van der Waals surface area contributed by atoms with Gasteiger partial charge in [0.25, 0.3) is 5.91 Å². The van der Waals surface area contributed by atoms with Crippen LogP contribution in [0.3, 0.4) is 0 Å². The first-order valence-electron chi connectivity index (χ1n) is 8.06. The van der Waals surface area contributed by atoms with E-state index >= 15 is 0 Å². The Labute approximate surface area is 144 Å². The van der Waals surface area contributed by atoms with Crippen LogP contribution in [0, 0.1) is 6.92 Å². The monoisotopic (exact) mass is 338 g/mol. The highest BCUT2D eigenvalue weighted by molar-refractivity contribution is 7.14. The molecule has 1 aliphatic heterocycles. The standard InChI is InChI=1S/C18H18N4OS/c1-13-11-24-18(20-13)22(14-6-3-2-4-7-14)17(23)16-9-5-8-15-10-19-12-21(15)16/h2-4,6-7,10-12,16H,5,8-9H2,1H3. The molecule has 0 aliphatic carbocycles. The molecule has 0 spiro atoms. The predicted octanol–water partition coefficient (Wildman–Crippen LogP) is 3.89. The van der Waals surface area contributed by atoms with Crippen LogP contribution >= 0.6 is 11.3 Å². The molecular weight excluding hydrogens is 320 g/mol. The number of benzene rings is 1. The molecule has 1 aromatic carbocycles. The Kier molecular flexibility index (Phi) is 3.90. The third-order valence-corrected chi connectivity index (χ3v) is 5.25. The molecule has 0 N–H and O–H groups in total. The maximum absolute atomic E-state index is 13.4. The average Bonchev–Trinajstić information content (AvgIpc) is 3.24. The van der Waals surface area contributed by atoms with Crippen LogP contribution in [-0.2, 0) is 11.2 Å². The molecule has 0 bridgehead atoms. The van der Waals surface area contributed by atoms with E-state index in [1.165, 1.54) is 11.3 Å². The van der Waals surface area contributed by atoms with Gasteiger partial charge < -0.3 is 4.57 Å². The number of thiazole rings is 1. The van der Waals surface area contributed by atoms with Gasteiger partial charge in [0.15, 0.2) is 5.13 Å². The van der Waals surface area contributed by atoms with Gasteiger partial charge in [-0.25, -0.2) is 9.97 Å². The molecule has 4 rings (SSSR count). The van der Waals surface area contributed by atoms with E-state index < -0.39 is 0 Å². The second kappa shape index (κ2) is 6.20. The molecule has 1 amide bonds. The van der Waals surface area contributed by atoms with Crippen molar-refractivity contribution in [1.82, 2.24) is 14.5 Å². The molecular formula is C18H18N4OS. The summed E-state index contributed by atoms with van der Waals surface area (Å²) in [5, 5.41) is 2.69. The van der Waals surface area contributed by atoms with Crippen molar-refractivity contribution in [3.05, 3.63) is 59.6 Å². The van der Waals surface area contributed by atoms with E-state index in [9.17, 15) is 4.79 Å². The normalized spacial score (nSPS) is 16.6. The van der Waals surface area contributed by atoms with Crippen molar-refractivity contribution < 1.29 is 4.79 Å². The minimum absolute atomic E-state index is 0.0505. The second-order valence-electron chi connectivity index (χ2n) is 5.98. The molecule has 3 aromatic rings. The summed E-state index contributed by atoms with van der Waals surface area (Å²) in [6.07, 6.45) is 6.44. The van der Waals surface area contributed by atoms with Gasteiger partial charge in [0.05, 0.1) is 17.7 Å². The molecule has 1 aliphatic rings. The molecule has 2 aromatic heterocycles. The highest BCUT2D eigenvalue weighted by Gasteiger charge is 2.32. The number of anilines is 2. The summed E-state index contributed by atoms with van der Waals surface area (Å²) in [4.78, 5) is 23.9. The number of aryl methyl sites for hydroxylation is 2. The average molecular weight is 338 g/mol. The number of aromatic nitrogens is 3. The summed E-state index contributed by atoms with van der Waals surface area (Å²) < 4.78 is 2.02. The fraction of sp³-hybridized carbons (Fsp3) is 0.278. The summed E-state index contributed by atoms with van der Waals surface area (Å²) in [5.74, 6) is 0.0505. The number of nitrogens with zero attached hydrogens (tertiary/aromatic N) is 4. The van der Waals surface area contributed by atoms with E-state index in [1.807, 2.05) is 53.4 Å². The molecule has 122 valence electrons. The third kappa shape index (κ3) is 2.63. The van der Waals surface area contributed by atoms with E-state index in [4.69, 9.17) is 0 Å². The summed E-state index contributed by atoms with van der Waals surface area (Å²) in [6.45, 7) is 1.95. The van der Waals surface area contributed by atoms with Gasteiger partial charge in [-0.15, -0.1) is 11.3 Å². The number of rotatable bonds is 3. The van der Waals surface area contributed by atoms with Crippen molar-refractivity contribution >= 4 is 28.1 Å². The number of para-hydroxylation sites is 1. The molecule has 6 heteroatoms. The fourth-order valence-corrected chi connectivity index (χ4v) is 3.99. The van der Waals surface area contributed by atoms with Gasteiger partial charge in [-0.3, -0.25) is 9.69 Å². The van der Waals surface area contributed by atoms with Gasteiger partial charge >= 0.3 is 0 Å². The first-order valence-corrected chi connectivity index (χ1v) is 8.94. The SMILES string of the molecule is Cc1csc(N(C(=O)C2CCCc3cncn32)c2ccccc2)n1. The number of hydrogen-bond acceptors (Lipinski definition) is 4. The Bertz CT molecular complexity index is 855. The second-order valence-corrected chi connectivity index (χ2v) is 6.82. The highest BCUT2D eigenvalue weighted by Crippen LogP contribution is 2.34. The molecule has 0 saturated carbocycles. The van der Waals surface area contributed by atoms with Crippen molar-refractivity contribution in [3.63, 3.8) is 0 Å². The molecule has 0 saturated heterocycles. The Morgan fingerprint density at radius 1 is 1.33 bits per heavy atom. The van der Waals surface area contributed by atoms with Gasteiger partial charge in [-0.05, 0) is 38.3 Å². The predicted molar refractivity (Wildman–Crippen MR) is 94.6 cm³/mol. The van der Waals surface area contributed by atoms with Gasteiger partial charge in [0.1, 0.15) is 6.04 Å². The maximum Gasteiger partial charge on any atom is 0.256 e. The van der Waals surface area contributed by atoms with Crippen molar-refractivity contribution in [3.8, 4) is 0 Å². The van der Waals surface area contributed by atoms with Gasteiger partial charge in [-0.1, -0.05) is 18.2 Å². The first-order chi connectivity index (χ1) is 11.7. The first kappa shape index (κ1) is 15.1. The van der Waals surface area contributed by atoms with E-state index in [0.717, 1.165) is 41.5 Å². The molecule has 5 nitrogen and oxygen atoms in total. The van der Waals surface area contributed by atoms with E-state index in [2.05, 4.69) is 9.97 Å². The Morgan fingerprint density at radius 2 is 2.17 bits per heavy atom. The maximum atomic E-state index is 13.4. The minimum Gasteiger partial charge on any atom is -0.322 e. The number of fused-ring (bicyclic) bond motifs is 1. The van der Waals surface area contributed by atoms with Crippen molar-refractivity contribution in [1.29, 1.82) is 0 Å². The zero-order valence-electron chi connectivity index (χ0n) is 13.4. The van der Waals surface area contributed by atoms with E-state index in [-0.39, 0.29) is 11.9 Å². The summed E-state index contributed by atoms with van der Waals surface area (Å²) >= 11 is 1.50. The van der Waals surface area contributed by atoms with Gasteiger partial charge in [0, 0.05) is 17.3 Å². The third-order valence-electron chi connectivity index (χ3n) is 4.31. The number of amides is 1. The number of carbonyl (C=O) groups excluding carboxylic acids is 1. The quantitative estimate of drug-likeness (QED) is 0.728. The topological polar surface area (TPSA) is 51.0 Å². The van der Waals surface area contributed by atoms with E-state index in [1.54, 1.807) is 11.2 Å². The zero-order valence-corrected chi connectivity index (χ0v) is 14.2. The Hall–Kier alpha value is -2.47. The molecule has 24 heavy (non-hydrogen) atoms. The summed E-state index contributed by atoms with van der Waals surface area (Å²) in [7, 11) is 0. The lowest BCUT2D eigenvalue weighted by Gasteiger charge is -2.29. The van der Waals surface area contributed by atoms with Gasteiger partial charge in [-0.2, -0.15) is 0 Å². The Morgan fingerprint density at radius 3 is 2.92 bits per heavy atom. The number of carbonyl (C=O) groups is 1. The lowest BCUT2D eigenvalue weighted by molar-refractivity contribution is -0.121. The number of imidazole rings is 1. The lowest BCUT2D eigenvalue weighted by atomic mass is 10.0. The van der Waals surface area contributed by atoms with Crippen LogP contribution in [0.1, 0.15) is 30.3 Å². The van der Waals surface area contributed by atoms with Crippen LogP contribution in [0.15, 0.2) is 48.2 Å². The highest BCUT2D eigenvalue weighted by atomic mass is 32.1. The minimum atomic E-state index is -0.222. The van der Waals surface area contributed by atoms with Crippen LogP contribution in [0.2, 0.25) is 0 Å². The fourth-order valence-electron chi connectivity index (χ4n) is 3.17. The number of hydrogen-bond donors (Lipinski definition) is 0. The lowest BCUT2D eigenvalue weighted by Crippen LogP contribution is -2.36. The smallest absolute Gasteiger partial charge is 0.256 e. The summed E-state index contributed by atoms with van der Waals surface area (Å²) in [6, 6.07) is 9.52.